The summed E-state index contributed by atoms with van der Waals surface area (Å²) in [5, 5.41) is 0.0941. The molecule has 3 aliphatic heterocycles. The number of anilines is 1. The molecule has 38 heavy (non-hydrogen) atoms. The molecule has 10 heteroatoms. The zero-order valence-corrected chi connectivity index (χ0v) is 21.4. The Labute approximate surface area is 219 Å². The van der Waals surface area contributed by atoms with E-state index in [4.69, 9.17) is 18.9 Å². The Hall–Kier alpha value is -3.47. The van der Waals surface area contributed by atoms with Crippen molar-refractivity contribution >= 4 is 22.6 Å². The number of halogens is 1. The third-order valence-electron chi connectivity index (χ3n) is 7.39. The summed E-state index contributed by atoms with van der Waals surface area (Å²) in [6, 6.07) is 10.5. The second-order valence-electron chi connectivity index (χ2n) is 10.1. The third-order valence-corrected chi connectivity index (χ3v) is 7.39. The molecule has 6 rings (SSSR count). The molecule has 9 nitrogen and oxygen atoms in total. The average Bonchev–Trinajstić information content (AvgIpc) is 2.93. The van der Waals surface area contributed by atoms with Gasteiger partial charge in [-0.05, 0) is 20.0 Å². The van der Waals surface area contributed by atoms with Gasteiger partial charge in [0, 0.05) is 37.9 Å². The van der Waals surface area contributed by atoms with E-state index < -0.39 is 29.6 Å². The number of carbonyl (C=O) groups excluding carboxylic acids is 1. The highest BCUT2D eigenvalue weighted by Crippen LogP contribution is 2.42. The Morgan fingerprint density at radius 3 is 2.47 bits per heavy atom. The van der Waals surface area contributed by atoms with Crippen LogP contribution < -0.4 is 15.1 Å². The van der Waals surface area contributed by atoms with E-state index in [0.717, 1.165) is 18.7 Å². The van der Waals surface area contributed by atoms with E-state index in [1.54, 1.807) is 0 Å². The van der Waals surface area contributed by atoms with Gasteiger partial charge in [-0.1, -0.05) is 30.3 Å². The van der Waals surface area contributed by atoms with Crippen LogP contribution in [-0.2, 0) is 14.2 Å². The molecule has 2 fully saturated rings. The monoisotopic (exact) mass is 523 g/mol. The summed E-state index contributed by atoms with van der Waals surface area (Å²) < 4.78 is 40.4. The van der Waals surface area contributed by atoms with Gasteiger partial charge in [0.05, 0.1) is 30.2 Å². The lowest BCUT2D eigenvalue weighted by molar-refractivity contribution is -0.220. The van der Waals surface area contributed by atoms with Crippen molar-refractivity contribution in [3.05, 3.63) is 69.8 Å². The summed E-state index contributed by atoms with van der Waals surface area (Å²) in [6.45, 7) is 5.36. The van der Waals surface area contributed by atoms with Crippen LogP contribution in [0, 0.1) is 5.82 Å². The first-order valence-corrected chi connectivity index (χ1v) is 12.9. The lowest BCUT2D eigenvalue weighted by atomic mass is 10.1. The predicted molar refractivity (Wildman–Crippen MR) is 138 cm³/mol. The summed E-state index contributed by atoms with van der Waals surface area (Å²) in [6.07, 6.45) is 0.289. The first-order chi connectivity index (χ1) is 18.4. The van der Waals surface area contributed by atoms with Gasteiger partial charge in [0.15, 0.2) is 17.9 Å². The molecule has 0 saturated carbocycles. The quantitative estimate of drug-likeness (QED) is 0.483. The standard InChI is InChI=1S/C28H30FN3O6/c1-17-14-35-26-23-20(12-22(29)24(26)31-10-8-30(2)9-11-31)25(33)21(13-32(17)23)27(34)38-19-15-36-28(37-16-19)18-6-4-3-5-7-18/h3-7,12-13,17,19,28H,8-11,14-16H2,1-2H3/t17-,19?,28?/m0/s1. The number of hydrogen-bond acceptors (Lipinski definition) is 8. The SMILES string of the molecule is C[C@H]1COc2c(N3CCN(C)CC3)c(F)cc3c(=O)c(C(=O)OC4COC(c5ccccc5)OC4)cn1c23. The molecule has 3 aromatic rings. The Morgan fingerprint density at radius 1 is 1.05 bits per heavy atom. The predicted octanol–water partition coefficient (Wildman–Crippen LogP) is 3.12. The van der Waals surface area contributed by atoms with Crippen LogP contribution in [0.1, 0.15) is 35.2 Å². The number of nitrogens with zero attached hydrogens (tertiary/aromatic N) is 3. The van der Waals surface area contributed by atoms with Crippen molar-refractivity contribution in [1.82, 2.24) is 9.47 Å². The number of rotatable bonds is 4. The van der Waals surface area contributed by atoms with Crippen LogP contribution in [0.5, 0.6) is 5.75 Å². The number of hydrogen-bond donors (Lipinski definition) is 0. The van der Waals surface area contributed by atoms with E-state index in [-0.39, 0.29) is 36.8 Å². The molecule has 0 aliphatic carbocycles. The van der Waals surface area contributed by atoms with Gasteiger partial charge in [-0.3, -0.25) is 4.79 Å². The van der Waals surface area contributed by atoms with Crippen molar-refractivity contribution < 1.29 is 28.1 Å². The molecule has 0 radical (unpaired) electrons. The fourth-order valence-electron chi connectivity index (χ4n) is 5.25. The van der Waals surface area contributed by atoms with E-state index in [1.807, 2.05) is 53.8 Å². The van der Waals surface area contributed by atoms with Gasteiger partial charge in [-0.2, -0.15) is 0 Å². The maximum atomic E-state index is 15.5. The van der Waals surface area contributed by atoms with Crippen LogP contribution in [0.15, 0.2) is 47.4 Å². The minimum atomic E-state index is -0.792. The number of ether oxygens (including phenoxy) is 4. The first-order valence-electron chi connectivity index (χ1n) is 12.9. The van der Waals surface area contributed by atoms with Gasteiger partial charge < -0.3 is 33.3 Å². The number of carbonyl (C=O) groups is 1. The van der Waals surface area contributed by atoms with Crippen LogP contribution in [0.4, 0.5) is 10.1 Å². The van der Waals surface area contributed by atoms with Gasteiger partial charge in [0.2, 0.25) is 5.43 Å². The largest absolute Gasteiger partial charge is 0.487 e. The maximum absolute atomic E-state index is 15.5. The van der Waals surface area contributed by atoms with Gasteiger partial charge in [-0.15, -0.1) is 0 Å². The summed E-state index contributed by atoms with van der Waals surface area (Å²) in [7, 11) is 2.03. The van der Waals surface area contributed by atoms with Crippen LogP contribution in [0.25, 0.3) is 10.9 Å². The fourth-order valence-corrected chi connectivity index (χ4v) is 5.25. The van der Waals surface area contributed by atoms with Crippen molar-refractivity contribution in [2.75, 3.05) is 57.9 Å². The van der Waals surface area contributed by atoms with Crippen molar-refractivity contribution in [3.8, 4) is 5.75 Å². The van der Waals surface area contributed by atoms with E-state index in [9.17, 15) is 9.59 Å². The van der Waals surface area contributed by atoms with E-state index in [0.29, 0.717) is 30.0 Å². The highest BCUT2D eigenvalue weighted by atomic mass is 19.1. The second kappa shape index (κ2) is 10.0. The minimum absolute atomic E-state index is 0.0941. The zero-order chi connectivity index (χ0) is 26.4. The highest BCUT2D eigenvalue weighted by Gasteiger charge is 2.32. The van der Waals surface area contributed by atoms with Crippen LogP contribution in [-0.4, -0.2) is 74.6 Å². The Kier molecular flexibility index (Phi) is 6.55. The number of esters is 1. The van der Waals surface area contributed by atoms with Gasteiger partial charge in [0.25, 0.3) is 0 Å². The maximum Gasteiger partial charge on any atom is 0.344 e. The Bertz CT molecular complexity index is 1410. The van der Waals surface area contributed by atoms with Crippen molar-refractivity contribution in [3.63, 3.8) is 0 Å². The van der Waals surface area contributed by atoms with Crippen LogP contribution >= 0.6 is 0 Å². The molecule has 0 spiro atoms. The molecule has 2 aromatic carbocycles. The lowest BCUT2D eigenvalue weighted by Gasteiger charge is -2.37. The molecule has 3 aliphatic rings. The summed E-state index contributed by atoms with van der Waals surface area (Å²) in [5.41, 5.74) is 0.980. The first kappa shape index (κ1) is 24.8. The third kappa shape index (κ3) is 4.42. The smallest absolute Gasteiger partial charge is 0.344 e. The van der Waals surface area contributed by atoms with Crippen molar-refractivity contribution in [1.29, 1.82) is 0 Å². The molecule has 200 valence electrons. The average molecular weight is 524 g/mol. The molecule has 2 saturated heterocycles. The molecule has 0 bridgehead atoms. The number of pyridine rings is 1. The summed E-state index contributed by atoms with van der Waals surface area (Å²) >= 11 is 0. The molecule has 0 unspecified atom stereocenters. The lowest BCUT2D eigenvalue weighted by Crippen LogP contribution is -2.45. The number of piperazine rings is 1. The fraction of sp³-hybridized carbons (Fsp3) is 0.429. The van der Waals surface area contributed by atoms with Crippen LogP contribution in [0.3, 0.4) is 0 Å². The van der Waals surface area contributed by atoms with E-state index >= 15 is 4.39 Å². The van der Waals surface area contributed by atoms with Crippen LogP contribution in [0.2, 0.25) is 0 Å². The van der Waals surface area contributed by atoms with Crippen molar-refractivity contribution in [2.45, 2.75) is 25.4 Å². The molecular weight excluding hydrogens is 493 g/mol. The molecular formula is C28H30FN3O6. The van der Waals surface area contributed by atoms with E-state index in [1.165, 1.54) is 12.3 Å². The normalized spacial score (nSPS) is 23.8. The molecule has 1 atom stereocenters. The van der Waals surface area contributed by atoms with Gasteiger partial charge in [0.1, 0.15) is 24.0 Å². The zero-order valence-electron chi connectivity index (χ0n) is 21.4. The van der Waals surface area contributed by atoms with Gasteiger partial charge in [-0.25, -0.2) is 9.18 Å². The number of benzene rings is 2. The minimum Gasteiger partial charge on any atom is -0.487 e. The summed E-state index contributed by atoms with van der Waals surface area (Å²) in [5.74, 6) is -0.984. The number of aromatic nitrogens is 1. The highest BCUT2D eigenvalue weighted by molar-refractivity contribution is 5.98. The Balaban J connectivity index is 1.29. The molecule has 4 heterocycles. The number of likely N-dealkylation sites (N-methyl/N-ethyl adjacent to an activating group) is 1. The second-order valence-corrected chi connectivity index (χ2v) is 10.1. The molecule has 0 amide bonds. The van der Waals surface area contributed by atoms with E-state index in [2.05, 4.69) is 4.90 Å². The Morgan fingerprint density at radius 2 is 1.76 bits per heavy atom. The van der Waals surface area contributed by atoms with Gasteiger partial charge >= 0.3 is 5.97 Å². The molecule has 0 N–H and O–H groups in total. The van der Waals surface area contributed by atoms with Crippen molar-refractivity contribution in [2.24, 2.45) is 0 Å². The summed E-state index contributed by atoms with van der Waals surface area (Å²) in [4.78, 5) is 30.8. The topological polar surface area (TPSA) is 82.5 Å². The molecule has 1 aromatic heterocycles.